The molecule has 7 nitrogen and oxygen atoms in total. The molecule has 0 aliphatic carbocycles. The maximum absolute atomic E-state index is 12.2. The first kappa shape index (κ1) is 14.1. The Kier molecular flexibility index (Phi) is 4.03. The van der Waals surface area contributed by atoms with E-state index in [1.54, 1.807) is 17.9 Å². The van der Waals surface area contributed by atoms with Gasteiger partial charge in [-0.05, 0) is 12.8 Å². The van der Waals surface area contributed by atoms with Crippen LogP contribution < -0.4 is 11.2 Å². The van der Waals surface area contributed by atoms with E-state index >= 15 is 0 Å². The maximum Gasteiger partial charge on any atom is 0.332 e. The van der Waals surface area contributed by atoms with Crippen molar-refractivity contribution in [2.45, 2.75) is 32.2 Å². The van der Waals surface area contributed by atoms with E-state index in [-0.39, 0.29) is 11.2 Å². The SMILES string of the molecule is Cn1c(=O)c2c(ncn2CCCCCC#N)n(C)c1=O. The lowest BCUT2D eigenvalue weighted by Gasteiger charge is -2.06. The van der Waals surface area contributed by atoms with Gasteiger partial charge in [-0.3, -0.25) is 13.9 Å². The van der Waals surface area contributed by atoms with Crippen LogP contribution in [0.1, 0.15) is 25.7 Å². The fraction of sp³-hybridized carbons (Fsp3) is 0.538. The highest BCUT2D eigenvalue weighted by molar-refractivity contribution is 5.69. The van der Waals surface area contributed by atoms with E-state index in [1.165, 1.54) is 11.6 Å². The number of nitriles is 1. The zero-order valence-electron chi connectivity index (χ0n) is 11.7. The van der Waals surface area contributed by atoms with Gasteiger partial charge in [0.15, 0.2) is 11.2 Å². The average Bonchev–Trinajstić information content (AvgIpc) is 2.86. The van der Waals surface area contributed by atoms with E-state index in [0.29, 0.717) is 24.1 Å². The Bertz CT molecular complexity index is 775. The van der Waals surface area contributed by atoms with E-state index in [9.17, 15) is 9.59 Å². The van der Waals surface area contributed by atoms with Crippen molar-refractivity contribution < 1.29 is 0 Å². The Morgan fingerprint density at radius 2 is 1.95 bits per heavy atom. The molecule has 0 fully saturated rings. The summed E-state index contributed by atoms with van der Waals surface area (Å²) in [7, 11) is 3.07. The molecular formula is C13H17N5O2. The van der Waals surface area contributed by atoms with E-state index in [0.717, 1.165) is 23.8 Å². The first-order valence-electron chi connectivity index (χ1n) is 6.55. The van der Waals surface area contributed by atoms with Crippen molar-refractivity contribution in [3.05, 3.63) is 27.2 Å². The van der Waals surface area contributed by atoms with Crippen LogP contribution in [0, 0.1) is 11.3 Å². The summed E-state index contributed by atoms with van der Waals surface area (Å²) in [5.74, 6) is 0. The highest BCUT2D eigenvalue weighted by Gasteiger charge is 2.13. The zero-order valence-corrected chi connectivity index (χ0v) is 11.7. The number of aromatic nitrogens is 4. The van der Waals surface area contributed by atoms with Crippen LogP contribution in [0.5, 0.6) is 0 Å². The largest absolute Gasteiger partial charge is 0.332 e. The number of fused-ring (bicyclic) bond motifs is 1. The predicted octanol–water partition coefficient (Wildman–Crippen LogP) is 0.518. The standard InChI is InChI=1S/C13H17N5O2/c1-16-11-10(12(19)17(2)13(16)20)18(9-15-11)8-6-4-3-5-7-14/h9H,3-6,8H2,1-2H3. The van der Waals surface area contributed by atoms with E-state index in [4.69, 9.17) is 5.26 Å². The molecule has 0 aromatic carbocycles. The predicted molar refractivity (Wildman–Crippen MR) is 74.3 cm³/mol. The van der Waals surface area contributed by atoms with Crippen LogP contribution in [0.25, 0.3) is 11.2 Å². The molecule has 0 unspecified atom stereocenters. The molecule has 0 aliphatic rings. The Hall–Kier alpha value is -2.36. The Morgan fingerprint density at radius 1 is 1.20 bits per heavy atom. The lowest BCUT2D eigenvalue weighted by molar-refractivity contribution is 0.598. The number of aryl methyl sites for hydroxylation is 2. The van der Waals surface area contributed by atoms with Gasteiger partial charge < -0.3 is 4.57 Å². The van der Waals surface area contributed by atoms with Crippen molar-refractivity contribution in [2.24, 2.45) is 14.1 Å². The first-order valence-corrected chi connectivity index (χ1v) is 6.55. The number of hydrogen-bond acceptors (Lipinski definition) is 4. The second-order valence-electron chi connectivity index (χ2n) is 4.78. The van der Waals surface area contributed by atoms with Gasteiger partial charge in [0.1, 0.15) is 0 Å². The summed E-state index contributed by atoms with van der Waals surface area (Å²) in [5.41, 5.74) is 0.171. The Labute approximate surface area is 115 Å². The van der Waals surface area contributed by atoms with Gasteiger partial charge in [-0.15, -0.1) is 0 Å². The normalized spacial score (nSPS) is 10.8. The minimum absolute atomic E-state index is 0.322. The van der Waals surface area contributed by atoms with Crippen molar-refractivity contribution >= 4 is 11.2 Å². The zero-order chi connectivity index (χ0) is 14.7. The fourth-order valence-electron chi connectivity index (χ4n) is 2.23. The van der Waals surface area contributed by atoms with E-state index < -0.39 is 0 Å². The highest BCUT2D eigenvalue weighted by atomic mass is 16.2. The molecule has 0 amide bonds. The molecule has 106 valence electrons. The number of hydrogen-bond donors (Lipinski definition) is 0. The van der Waals surface area contributed by atoms with Gasteiger partial charge in [-0.25, -0.2) is 9.78 Å². The molecule has 7 heteroatoms. The molecular weight excluding hydrogens is 258 g/mol. The van der Waals surface area contributed by atoms with Gasteiger partial charge in [0.05, 0.1) is 12.4 Å². The molecule has 0 aliphatic heterocycles. The lowest BCUT2D eigenvalue weighted by Crippen LogP contribution is -2.37. The lowest BCUT2D eigenvalue weighted by atomic mass is 10.2. The van der Waals surface area contributed by atoms with Gasteiger partial charge in [-0.1, -0.05) is 6.42 Å². The first-order chi connectivity index (χ1) is 9.57. The minimum Gasteiger partial charge on any atom is -0.325 e. The molecule has 0 atom stereocenters. The topological polar surface area (TPSA) is 85.6 Å². The van der Waals surface area contributed by atoms with Crippen molar-refractivity contribution in [1.82, 2.24) is 18.7 Å². The van der Waals surface area contributed by atoms with Gasteiger partial charge in [0, 0.05) is 27.1 Å². The minimum atomic E-state index is -0.373. The molecule has 2 rings (SSSR count). The number of unbranched alkanes of at least 4 members (excludes halogenated alkanes) is 3. The second kappa shape index (κ2) is 5.74. The molecule has 0 N–H and O–H groups in total. The van der Waals surface area contributed by atoms with Crippen LogP contribution in [0.4, 0.5) is 0 Å². The monoisotopic (exact) mass is 275 g/mol. The second-order valence-corrected chi connectivity index (χ2v) is 4.78. The summed E-state index contributed by atoms with van der Waals surface area (Å²) in [5, 5.41) is 8.47. The molecule has 2 aromatic heterocycles. The summed E-state index contributed by atoms with van der Waals surface area (Å²) >= 11 is 0. The molecule has 0 radical (unpaired) electrons. The summed E-state index contributed by atoms with van der Waals surface area (Å²) in [6, 6.07) is 2.11. The van der Waals surface area contributed by atoms with E-state index in [2.05, 4.69) is 11.1 Å². The van der Waals surface area contributed by atoms with Crippen LogP contribution in [-0.4, -0.2) is 18.7 Å². The van der Waals surface area contributed by atoms with Crippen molar-refractivity contribution in [3.8, 4) is 6.07 Å². The molecule has 0 bridgehead atoms. The van der Waals surface area contributed by atoms with Gasteiger partial charge >= 0.3 is 5.69 Å². The number of imidazole rings is 1. The molecule has 0 saturated carbocycles. The van der Waals surface area contributed by atoms with Crippen molar-refractivity contribution in [3.63, 3.8) is 0 Å². The fourth-order valence-corrected chi connectivity index (χ4v) is 2.23. The summed E-state index contributed by atoms with van der Waals surface area (Å²) in [6.45, 7) is 0.662. The van der Waals surface area contributed by atoms with Gasteiger partial charge in [-0.2, -0.15) is 5.26 Å². The highest BCUT2D eigenvalue weighted by Crippen LogP contribution is 2.08. The van der Waals surface area contributed by atoms with Gasteiger partial charge in [0.2, 0.25) is 0 Å². The molecule has 0 spiro atoms. The van der Waals surface area contributed by atoms with Crippen LogP contribution in [0.15, 0.2) is 15.9 Å². The number of rotatable bonds is 5. The van der Waals surface area contributed by atoms with Crippen LogP contribution in [0.3, 0.4) is 0 Å². The Balaban J connectivity index is 2.31. The van der Waals surface area contributed by atoms with E-state index in [1.807, 2.05) is 0 Å². The average molecular weight is 275 g/mol. The maximum atomic E-state index is 12.2. The molecule has 2 aromatic rings. The third-order valence-corrected chi connectivity index (χ3v) is 3.40. The van der Waals surface area contributed by atoms with Gasteiger partial charge in [0.25, 0.3) is 5.56 Å². The van der Waals surface area contributed by atoms with Crippen LogP contribution >= 0.6 is 0 Å². The van der Waals surface area contributed by atoms with Crippen molar-refractivity contribution in [1.29, 1.82) is 5.26 Å². The summed E-state index contributed by atoms with van der Waals surface area (Å²) in [4.78, 5) is 28.1. The van der Waals surface area contributed by atoms with Crippen LogP contribution in [0.2, 0.25) is 0 Å². The third-order valence-electron chi connectivity index (χ3n) is 3.40. The third kappa shape index (κ3) is 2.37. The molecule has 20 heavy (non-hydrogen) atoms. The van der Waals surface area contributed by atoms with Crippen molar-refractivity contribution in [2.75, 3.05) is 0 Å². The Morgan fingerprint density at radius 3 is 2.65 bits per heavy atom. The quantitative estimate of drug-likeness (QED) is 0.744. The summed E-state index contributed by atoms with van der Waals surface area (Å²) in [6.07, 6.45) is 4.81. The smallest absolute Gasteiger partial charge is 0.325 e. The number of nitrogens with zero attached hydrogens (tertiary/aromatic N) is 5. The van der Waals surface area contributed by atoms with Crippen LogP contribution in [-0.2, 0) is 20.6 Å². The molecule has 0 saturated heterocycles. The molecule has 2 heterocycles. The summed E-state index contributed by atoms with van der Waals surface area (Å²) < 4.78 is 4.25.